The first-order valence-electron chi connectivity index (χ1n) is 18.2. The first kappa shape index (κ1) is 32.6. The van der Waals surface area contributed by atoms with Gasteiger partial charge in [0.2, 0.25) is 0 Å². The molecule has 2 bridgehead atoms. The molecule has 52 heavy (non-hydrogen) atoms. The number of hydrogen-bond acceptors (Lipinski definition) is 13. The zero-order valence-electron chi connectivity index (χ0n) is 29.3. The number of ether oxygens (including phenoxy) is 5. The highest BCUT2D eigenvalue weighted by molar-refractivity contribution is 5.99. The number of cyclic esters (lactones) is 3. The molecule has 3 heterocycles. The Kier molecular flexibility index (Phi) is 6.09. The number of hydrogen-bond donors (Lipinski definition) is 3. The lowest BCUT2D eigenvalue weighted by atomic mass is 9.45. The van der Waals surface area contributed by atoms with E-state index in [0.29, 0.717) is 17.6 Å². The van der Waals surface area contributed by atoms with Crippen LogP contribution in [0.3, 0.4) is 0 Å². The molecular weight excluding hydrogens is 676 g/mol. The van der Waals surface area contributed by atoms with Gasteiger partial charge in [-0.1, -0.05) is 19.9 Å². The molecule has 0 radical (unpaired) electrons. The molecule has 0 unspecified atom stereocenters. The molecule has 12 atom stereocenters. The highest BCUT2D eigenvalue weighted by Crippen LogP contribution is 2.82. The molecule has 1 spiro atoms. The molecular formula is C39H40O13. The van der Waals surface area contributed by atoms with E-state index in [9.17, 15) is 39.3 Å². The van der Waals surface area contributed by atoms with E-state index in [-0.39, 0.29) is 78.4 Å². The molecule has 0 aromatic heterocycles. The van der Waals surface area contributed by atoms with E-state index in [4.69, 9.17) is 23.7 Å². The summed E-state index contributed by atoms with van der Waals surface area (Å²) in [7, 11) is 0. The Morgan fingerprint density at radius 2 is 1.54 bits per heavy atom. The summed E-state index contributed by atoms with van der Waals surface area (Å²) >= 11 is 0. The SMILES string of the molecule is CC1=C2C3=C4C(=C[C@@H]5[C@]36OC(=O)C3=C6C[C@H]6[C@](O)(COC(=O)/C(C)=C\COC(=O)CCC(=O)OC3)[C@H]3C[C@H]3[C@]56C)[C@H]3C[C@H]3[C@]4(C)[C@@H](O)[C@@]2(O)OC1=O. The number of allylic oxidation sites excluding steroid dienone is 1. The molecule has 0 aromatic rings. The fourth-order valence-corrected chi connectivity index (χ4v) is 12.4. The van der Waals surface area contributed by atoms with Gasteiger partial charge < -0.3 is 39.0 Å². The standard InChI is InChI=1S/C39H40O13/c1-15-7-8-48-26(40)5-6-27(41)49-13-19-21-12-24-35(3,22-11-23(22)37(24,46)14-50-31(15)42)25-10-18-17-9-20(17)36(4)29(18)30(38(21,25)51-33(19)44)28-16(2)32(43)52-39(28,47)34(36)45/h7,10,17,20,22-25,34,45-47H,5-6,8-9,11-14H2,1-4H3/b15-7-/t17-,20-,22-,23+,24-,25+,34-,35+,36+,37+,38+,39+/m1/s1. The van der Waals surface area contributed by atoms with Crippen LogP contribution in [0.5, 0.6) is 0 Å². The Morgan fingerprint density at radius 3 is 2.29 bits per heavy atom. The largest absolute Gasteiger partial charge is 0.461 e. The van der Waals surface area contributed by atoms with Crippen molar-refractivity contribution in [1.82, 2.24) is 0 Å². The average molecular weight is 717 g/mol. The third-order valence-corrected chi connectivity index (χ3v) is 14.9. The second-order valence-corrected chi connectivity index (χ2v) is 17.0. The van der Waals surface area contributed by atoms with Crippen molar-refractivity contribution >= 4 is 29.8 Å². The zero-order valence-corrected chi connectivity index (χ0v) is 29.3. The normalized spacial score (nSPS) is 49.4. The van der Waals surface area contributed by atoms with Gasteiger partial charge in [-0.15, -0.1) is 0 Å². The maximum Gasteiger partial charge on any atom is 0.338 e. The van der Waals surface area contributed by atoms with Gasteiger partial charge in [-0.05, 0) is 85.0 Å². The highest BCUT2D eigenvalue weighted by Gasteiger charge is 2.84. The minimum absolute atomic E-state index is 0.0539. The van der Waals surface area contributed by atoms with Crippen LogP contribution >= 0.6 is 0 Å². The third-order valence-electron chi connectivity index (χ3n) is 14.9. The maximum atomic E-state index is 14.3. The van der Waals surface area contributed by atoms with E-state index >= 15 is 0 Å². The lowest BCUT2D eigenvalue weighted by molar-refractivity contribution is -0.240. The summed E-state index contributed by atoms with van der Waals surface area (Å²) < 4.78 is 28.9. The number of esters is 5. The predicted molar refractivity (Wildman–Crippen MR) is 173 cm³/mol. The molecule has 3 N–H and O–H groups in total. The Morgan fingerprint density at radius 1 is 0.808 bits per heavy atom. The molecule has 3 aliphatic heterocycles. The van der Waals surface area contributed by atoms with Gasteiger partial charge in [0.1, 0.15) is 31.5 Å². The van der Waals surface area contributed by atoms with Gasteiger partial charge in [-0.25, -0.2) is 14.4 Å². The molecule has 13 nitrogen and oxygen atoms in total. The number of rotatable bonds is 0. The number of fused-ring (bicyclic) bond motifs is 9. The smallest absolute Gasteiger partial charge is 0.338 e. The molecule has 0 amide bonds. The Balaban J connectivity index is 1.20. The van der Waals surface area contributed by atoms with Gasteiger partial charge in [0.05, 0.1) is 18.4 Å². The second-order valence-electron chi connectivity index (χ2n) is 17.0. The van der Waals surface area contributed by atoms with Crippen molar-refractivity contribution in [3.63, 3.8) is 0 Å². The topological polar surface area (TPSA) is 192 Å². The van der Waals surface area contributed by atoms with Gasteiger partial charge in [-0.2, -0.15) is 0 Å². The first-order valence-corrected chi connectivity index (χ1v) is 18.2. The van der Waals surface area contributed by atoms with Crippen molar-refractivity contribution in [2.45, 2.75) is 82.9 Å². The summed E-state index contributed by atoms with van der Waals surface area (Å²) in [6, 6.07) is 0. The Hall–Kier alpha value is -4.07. The predicted octanol–water partition coefficient (Wildman–Crippen LogP) is 1.80. The van der Waals surface area contributed by atoms with Crippen LogP contribution in [0.4, 0.5) is 0 Å². The summed E-state index contributed by atoms with van der Waals surface area (Å²) in [6.45, 7) is 6.02. The van der Waals surface area contributed by atoms with Crippen molar-refractivity contribution < 1.29 is 63.0 Å². The van der Waals surface area contributed by atoms with E-state index in [2.05, 4.69) is 13.0 Å². The molecule has 0 saturated heterocycles. The maximum absolute atomic E-state index is 14.3. The van der Waals surface area contributed by atoms with Crippen LogP contribution in [0.1, 0.15) is 59.8 Å². The quantitative estimate of drug-likeness (QED) is 0.243. The lowest BCUT2D eigenvalue weighted by Crippen LogP contribution is -2.65. The number of aliphatic hydroxyl groups excluding tert-OH is 1. The van der Waals surface area contributed by atoms with Crippen molar-refractivity contribution in [1.29, 1.82) is 0 Å². The fourth-order valence-electron chi connectivity index (χ4n) is 12.4. The van der Waals surface area contributed by atoms with E-state index < -0.39 is 82.2 Å². The summed E-state index contributed by atoms with van der Waals surface area (Å²) in [5.74, 6) is -7.49. The molecule has 0 aromatic carbocycles. The van der Waals surface area contributed by atoms with Crippen LogP contribution in [-0.4, -0.2) is 88.1 Å². The minimum atomic E-state index is -2.41. The van der Waals surface area contributed by atoms with Gasteiger partial charge in [0.25, 0.3) is 5.79 Å². The molecule has 7 aliphatic carbocycles. The molecule has 13 heteroatoms. The van der Waals surface area contributed by atoms with Crippen LogP contribution < -0.4 is 0 Å². The second kappa shape index (κ2) is 9.72. The molecule has 10 rings (SSSR count). The Labute approximate surface area is 298 Å². The molecule has 274 valence electrons. The van der Waals surface area contributed by atoms with Crippen LogP contribution in [0.2, 0.25) is 0 Å². The summed E-state index contributed by atoms with van der Waals surface area (Å²) in [4.78, 5) is 66.1. The average Bonchev–Trinajstić information content (AvgIpc) is 4.00. The van der Waals surface area contributed by atoms with Crippen LogP contribution in [0, 0.1) is 46.3 Å². The minimum Gasteiger partial charge on any atom is -0.461 e. The van der Waals surface area contributed by atoms with Crippen molar-refractivity contribution in [3.05, 3.63) is 56.7 Å². The summed E-state index contributed by atoms with van der Waals surface area (Å²) in [6.07, 6.45) is 2.96. The number of carbonyl (C=O) groups excluding carboxylic acids is 5. The van der Waals surface area contributed by atoms with Gasteiger partial charge in [0.15, 0.2) is 5.60 Å². The van der Waals surface area contributed by atoms with E-state index in [1.807, 2.05) is 6.92 Å². The van der Waals surface area contributed by atoms with Crippen LogP contribution in [0.25, 0.3) is 0 Å². The summed E-state index contributed by atoms with van der Waals surface area (Å²) in [5, 5.41) is 37.0. The van der Waals surface area contributed by atoms with Crippen molar-refractivity contribution in [3.8, 4) is 0 Å². The molecule has 10 aliphatic rings. The third kappa shape index (κ3) is 3.54. The molecule has 5 fully saturated rings. The number of carbonyl (C=O) groups is 5. The summed E-state index contributed by atoms with van der Waals surface area (Å²) in [5.41, 5.74) is -1.82. The van der Waals surface area contributed by atoms with Gasteiger partial charge in [-0.3, -0.25) is 9.59 Å². The van der Waals surface area contributed by atoms with Crippen molar-refractivity contribution in [2.75, 3.05) is 19.8 Å². The lowest BCUT2D eigenvalue weighted by Gasteiger charge is -2.61. The van der Waals surface area contributed by atoms with Crippen LogP contribution in [-0.2, 0) is 47.7 Å². The van der Waals surface area contributed by atoms with Crippen LogP contribution in [0.15, 0.2) is 56.7 Å². The van der Waals surface area contributed by atoms with Gasteiger partial charge >= 0.3 is 29.8 Å². The molecule has 5 saturated carbocycles. The Bertz CT molecular complexity index is 2030. The fraction of sp³-hybridized carbons (Fsp3) is 0.615. The zero-order chi connectivity index (χ0) is 36.7. The number of aliphatic hydroxyl groups is 3. The highest BCUT2D eigenvalue weighted by atomic mass is 16.7. The van der Waals surface area contributed by atoms with Crippen molar-refractivity contribution in [2.24, 2.45) is 46.3 Å². The van der Waals surface area contributed by atoms with Gasteiger partial charge in [0, 0.05) is 39.5 Å². The monoisotopic (exact) mass is 716 g/mol. The first-order chi connectivity index (χ1) is 24.5. The van der Waals surface area contributed by atoms with E-state index in [1.54, 1.807) is 0 Å². The van der Waals surface area contributed by atoms with E-state index in [1.165, 1.54) is 19.9 Å². The van der Waals surface area contributed by atoms with E-state index in [0.717, 1.165) is 17.6 Å².